The SMILES string of the molecule is CCOC(=O)c1ccc(Sc2ccccc2C(=O)OCC)c([N+](=O)[O-])c1. The number of hydrogen-bond acceptors (Lipinski definition) is 7. The van der Waals surface area contributed by atoms with Gasteiger partial charge in [-0.15, -0.1) is 0 Å². The summed E-state index contributed by atoms with van der Waals surface area (Å²) >= 11 is 1.06. The first-order valence-corrected chi connectivity index (χ1v) is 8.69. The number of carbonyl (C=O) groups excluding carboxylic acids is 2. The summed E-state index contributed by atoms with van der Waals surface area (Å²) in [5, 5.41) is 11.4. The highest BCUT2D eigenvalue weighted by Crippen LogP contribution is 2.37. The summed E-state index contributed by atoms with van der Waals surface area (Å²) in [7, 11) is 0. The quantitative estimate of drug-likeness (QED) is 0.408. The summed E-state index contributed by atoms with van der Waals surface area (Å²) in [6, 6.07) is 10.8. The lowest BCUT2D eigenvalue weighted by atomic mass is 10.2. The number of nitro groups is 1. The van der Waals surface area contributed by atoms with Crippen LogP contribution in [0, 0.1) is 10.1 Å². The maximum atomic E-state index is 12.1. The van der Waals surface area contributed by atoms with Crippen LogP contribution in [0.4, 0.5) is 5.69 Å². The molecule has 2 aromatic rings. The lowest BCUT2D eigenvalue weighted by Gasteiger charge is -2.09. The van der Waals surface area contributed by atoms with Crippen LogP contribution in [0.25, 0.3) is 0 Å². The van der Waals surface area contributed by atoms with E-state index < -0.39 is 16.9 Å². The van der Waals surface area contributed by atoms with Crippen LogP contribution in [0.5, 0.6) is 0 Å². The molecule has 0 atom stereocenters. The Labute approximate surface area is 154 Å². The van der Waals surface area contributed by atoms with Crippen molar-refractivity contribution >= 4 is 29.4 Å². The molecule has 0 unspecified atom stereocenters. The average Bonchev–Trinajstić information content (AvgIpc) is 2.62. The van der Waals surface area contributed by atoms with E-state index in [1.807, 2.05) is 0 Å². The third kappa shape index (κ3) is 4.60. The van der Waals surface area contributed by atoms with E-state index in [9.17, 15) is 19.7 Å². The standard InChI is InChI=1S/C18H17NO6S/c1-3-24-17(20)12-9-10-16(14(11-12)19(22)23)26-15-8-6-5-7-13(15)18(21)25-4-2/h5-11H,3-4H2,1-2H3. The van der Waals surface area contributed by atoms with Gasteiger partial charge in [0.05, 0.1) is 34.2 Å². The zero-order chi connectivity index (χ0) is 19.1. The molecule has 26 heavy (non-hydrogen) atoms. The summed E-state index contributed by atoms with van der Waals surface area (Å²) in [5.74, 6) is -1.12. The largest absolute Gasteiger partial charge is 0.462 e. The molecule has 0 saturated carbocycles. The molecule has 0 spiro atoms. The minimum Gasteiger partial charge on any atom is -0.462 e. The second-order valence-corrected chi connectivity index (χ2v) is 6.06. The Morgan fingerprint density at radius 2 is 1.65 bits per heavy atom. The van der Waals surface area contributed by atoms with E-state index >= 15 is 0 Å². The summed E-state index contributed by atoms with van der Waals surface area (Å²) in [5.41, 5.74) is 0.184. The first-order valence-electron chi connectivity index (χ1n) is 7.87. The number of ether oxygens (including phenoxy) is 2. The molecule has 0 radical (unpaired) electrons. The minimum atomic E-state index is -0.626. The predicted molar refractivity (Wildman–Crippen MR) is 95.6 cm³/mol. The Kier molecular flexibility index (Phi) is 6.74. The van der Waals surface area contributed by atoms with Crippen molar-refractivity contribution < 1.29 is 24.0 Å². The van der Waals surface area contributed by atoms with Gasteiger partial charge in [-0.05, 0) is 38.1 Å². The molecular formula is C18H17NO6S. The van der Waals surface area contributed by atoms with Gasteiger partial charge in [0, 0.05) is 11.0 Å². The van der Waals surface area contributed by atoms with E-state index in [1.165, 1.54) is 18.2 Å². The molecular weight excluding hydrogens is 358 g/mol. The molecule has 0 aliphatic heterocycles. The van der Waals surface area contributed by atoms with Crippen molar-refractivity contribution in [3.63, 3.8) is 0 Å². The number of benzene rings is 2. The number of nitro benzene ring substituents is 1. The zero-order valence-corrected chi connectivity index (χ0v) is 15.1. The van der Waals surface area contributed by atoms with Gasteiger partial charge in [-0.2, -0.15) is 0 Å². The van der Waals surface area contributed by atoms with E-state index in [2.05, 4.69) is 0 Å². The molecule has 0 N–H and O–H groups in total. The second kappa shape index (κ2) is 9.00. The van der Waals surface area contributed by atoms with Crippen molar-refractivity contribution in [1.82, 2.24) is 0 Å². The first kappa shape index (κ1) is 19.5. The van der Waals surface area contributed by atoms with Crippen LogP contribution in [0.3, 0.4) is 0 Å². The van der Waals surface area contributed by atoms with Crippen molar-refractivity contribution in [3.8, 4) is 0 Å². The second-order valence-electron chi connectivity index (χ2n) is 4.98. The Hall–Kier alpha value is -2.87. The van der Waals surface area contributed by atoms with Gasteiger partial charge in [-0.3, -0.25) is 10.1 Å². The fourth-order valence-electron chi connectivity index (χ4n) is 2.14. The maximum absolute atomic E-state index is 12.1. The Morgan fingerprint density at radius 1 is 1.00 bits per heavy atom. The molecule has 136 valence electrons. The van der Waals surface area contributed by atoms with E-state index in [-0.39, 0.29) is 24.5 Å². The van der Waals surface area contributed by atoms with Gasteiger partial charge < -0.3 is 9.47 Å². The van der Waals surface area contributed by atoms with Crippen molar-refractivity contribution in [2.75, 3.05) is 13.2 Å². The van der Waals surface area contributed by atoms with Crippen LogP contribution < -0.4 is 0 Å². The number of nitrogens with zero attached hydrogens (tertiary/aromatic N) is 1. The molecule has 0 aliphatic carbocycles. The predicted octanol–water partition coefficient (Wildman–Crippen LogP) is 4.10. The first-order chi connectivity index (χ1) is 12.5. The van der Waals surface area contributed by atoms with Crippen molar-refractivity contribution in [2.24, 2.45) is 0 Å². The van der Waals surface area contributed by atoms with Gasteiger partial charge in [0.1, 0.15) is 0 Å². The van der Waals surface area contributed by atoms with E-state index in [0.717, 1.165) is 11.8 Å². The highest BCUT2D eigenvalue weighted by Gasteiger charge is 2.21. The number of carbonyl (C=O) groups is 2. The minimum absolute atomic E-state index is 0.0987. The van der Waals surface area contributed by atoms with Crippen LogP contribution in [-0.4, -0.2) is 30.1 Å². The number of hydrogen-bond donors (Lipinski definition) is 0. The number of esters is 2. The fraction of sp³-hybridized carbons (Fsp3) is 0.222. The van der Waals surface area contributed by atoms with Gasteiger partial charge in [0.2, 0.25) is 0 Å². The van der Waals surface area contributed by atoms with Gasteiger partial charge in [-0.25, -0.2) is 9.59 Å². The molecule has 0 bridgehead atoms. The normalized spacial score (nSPS) is 10.2. The molecule has 0 aromatic heterocycles. The topological polar surface area (TPSA) is 95.7 Å². The molecule has 8 heteroatoms. The summed E-state index contributed by atoms with van der Waals surface area (Å²) < 4.78 is 9.88. The lowest BCUT2D eigenvalue weighted by molar-refractivity contribution is -0.387. The smallest absolute Gasteiger partial charge is 0.339 e. The van der Waals surface area contributed by atoms with E-state index in [4.69, 9.17) is 9.47 Å². The fourth-order valence-corrected chi connectivity index (χ4v) is 3.16. The van der Waals surface area contributed by atoms with Crippen LogP contribution in [0.2, 0.25) is 0 Å². The van der Waals surface area contributed by atoms with Crippen LogP contribution >= 0.6 is 11.8 Å². The molecule has 2 aromatic carbocycles. The molecule has 0 fully saturated rings. The average molecular weight is 375 g/mol. The van der Waals surface area contributed by atoms with Crippen molar-refractivity contribution in [2.45, 2.75) is 23.6 Å². The number of rotatable bonds is 7. The Morgan fingerprint density at radius 3 is 2.31 bits per heavy atom. The van der Waals surface area contributed by atoms with Gasteiger partial charge in [0.15, 0.2) is 0 Å². The molecule has 0 amide bonds. The summed E-state index contributed by atoms with van der Waals surface area (Å²) in [4.78, 5) is 35.5. The molecule has 2 rings (SSSR count). The van der Waals surface area contributed by atoms with Crippen molar-refractivity contribution in [3.05, 3.63) is 63.7 Å². The Balaban J connectivity index is 2.40. The van der Waals surface area contributed by atoms with Gasteiger partial charge >= 0.3 is 11.9 Å². The lowest BCUT2D eigenvalue weighted by Crippen LogP contribution is -2.06. The highest BCUT2D eigenvalue weighted by molar-refractivity contribution is 7.99. The molecule has 0 saturated heterocycles. The summed E-state index contributed by atoms with van der Waals surface area (Å²) in [6.45, 7) is 3.76. The summed E-state index contributed by atoms with van der Waals surface area (Å²) in [6.07, 6.45) is 0. The zero-order valence-electron chi connectivity index (χ0n) is 14.3. The highest BCUT2D eigenvalue weighted by atomic mass is 32.2. The third-order valence-corrected chi connectivity index (χ3v) is 4.41. The third-order valence-electron chi connectivity index (χ3n) is 3.27. The van der Waals surface area contributed by atoms with Gasteiger partial charge in [0.25, 0.3) is 5.69 Å². The van der Waals surface area contributed by atoms with Crippen LogP contribution in [-0.2, 0) is 9.47 Å². The van der Waals surface area contributed by atoms with E-state index in [1.54, 1.807) is 38.1 Å². The molecule has 0 heterocycles. The van der Waals surface area contributed by atoms with Crippen LogP contribution in [0.1, 0.15) is 34.6 Å². The molecule has 7 nitrogen and oxygen atoms in total. The molecule has 0 aliphatic rings. The van der Waals surface area contributed by atoms with Crippen molar-refractivity contribution in [1.29, 1.82) is 0 Å². The van der Waals surface area contributed by atoms with Gasteiger partial charge in [-0.1, -0.05) is 23.9 Å². The van der Waals surface area contributed by atoms with Crippen LogP contribution in [0.15, 0.2) is 52.3 Å². The Bertz CT molecular complexity index is 836. The maximum Gasteiger partial charge on any atom is 0.339 e. The van der Waals surface area contributed by atoms with E-state index in [0.29, 0.717) is 15.4 Å². The monoisotopic (exact) mass is 375 g/mol.